The molecule has 4 nitrogen and oxygen atoms in total. The van der Waals surface area contributed by atoms with Gasteiger partial charge < -0.3 is 14.7 Å². The molecule has 174 valence electrons. The molecule has 8 heteroatoms. The number of allylic oxidation sites excluding steroid dienone is 1. The van der Waals surface area contributed by atoms with Crippen LogP contribution in [0.15, 0.2) is 47.2 Å². The van der Waals surface area contributed by atoms with Gasteiger partial charge in [-0.1, -0.05) is 24.3 Å². The van der Waals surface area contributed by atoms with Crippen LogP contribution in [0.4, 0.5) is 18.0 Å². The summed E-state index contributed by atoms with van der Waals surface area (Å²) < 4.78 is 43.9. The molecular formula is C24H28F3NO3S. The fourth-order valence-corrected chi connectivity index (χ4v) is 6.44. The zero-order chi connectivity index (χ0) is 22.7. The first-order valence-electron chi connectivity index (χ1n) is 11.2. The van der Waals surface area contributed by atoms with E-state index in [1.807, 2.05) is 6.08 Å². The number of carboxylic acid groups (broad SMARTS) is 1. The van der Waals surface area contributed by atoms with E-state index in [2.05, 4.69) is 4.90 Å². The van der Waals surface area contributed by atoms with E-state index in [1.165, 1.54) is 49.6 Å². The highest BCUT2D eigenvalue weighted by molar-refractivity contribution is 8.03. The van der Waals surface area contributed by atoms with E-state index in [1.54, 1.807) is 12.1 Å². The van der Waals surface area contributed by atoms with E-state index >= 15 is 0 Å². The van der Waals surface area contributed by atoms with Crippen molar-refractivity contribution in [2.75, 3.05) is 18.8 Å². The molecule has 0 atom stereocenters. The quantitative estimate of drug-likeness (QED) is 0.347. The topological polar surface area (TPSA) is 49.8 Å². The first-order valence-corrected chi connectivity index (χ1v) is 12.2. The fraction of sp³-hybridized carbons (Fsp3) is 0.542. The molecule has 0 saturated heterocycles. The van der Waals surface area contributed by atoms with Crippen LogP contribution in [0.3, 0.4) is 0 Å². The van der Waals surface area contributed by atoms with Gasteiger partial charge in [-0.3, -0.25) is 0 Å². The molecule has 0 unspecified atom stereocenters. The van der Waals surface area contributed by atoms with Crippen LogP contribution in [-0.4, -0.2) is 35.0 Å². The van der Waals surface area contributed by atoms with Gasteiger partial charge in [0, 0.05) is 13.1 Å². The highest BCUT2D eigenvalue weighted by atomic mass is 32.2. The number of fused-ring (bicyclic) bond motifs is 2. The van der Waals surface area contributed by atoms with Crippen LogP contribution < -0.4 is 0 Å². The van der Waals surface area contributed by atoms with Gasteiger partial charge in [-0.2, -0.15) is 13.2 Å². The molecule has 4 rings (SSSR count). The molecule has 2 saturated carbocycles. The van der Waals surface area contributed by atoms with Crippen molar-refractivity contribution < 1.29 is 27.8 Å². The van der Waals surface area contributed by atoms with Crippen LogP contribution >= 0.6 is 11.8 Å². The molecule has 2 bridgehead atoms. The number of alkyl halides is 3. The second-order valence-corrected chi connectivity index (χ2v) is 9.92. The Bertz CT molecular complexity index is 879. The largest absolute Gasteiger partial charge is 0.511 e. The maximum atomic E-state index is 12.9. The first-order chi connectivity index (χ1) is 15.3. The lowest BCUT2D eigenvalue weighted by atomic mass is 9.97. The van der Waals surface area contributed by atoms with Crippen molar-refractivity contribution in [2.24, 2.45) is 17.8 Å². The average molecular weight is 468 g/mol. The Morgan fingerprint density at radius 1 is 1.19 bits per heavy atom. The number of ether oxygens (including phenoxy) is 1. The molecule has 1 aliphatic heterocycles. The van der Waals surface area contributed by atoms with Crippen LogP contribution in [-0.2, 0) is 17.3 Å². The molecule has 1 heterocycles. The van der Waals surface area contributed by atoms with E-state index in [-0.39, 0.29) is 0 Å². The summed E-state index contributed by atoms with van der Waals surface area (Å²) in [6, 6.07) is 5.44. The summed E-state index contributed by atoms with van der Waals surface area (Å²) in [5.41, 5.74) is 0.0247. The lowest BCUT2D eigenvalue weighted by Gasteiger charge is -2.33. The minimum Gasteiger partial charge on any atom is -0.449 e. The lowest BCUT2D eigenvalue weighted by molar-refractivity contribution is -0.137. The van der Waals surface area contributed by atoms with Crippen molar-refractivity contribution in [1.29, 1.82) is 0 Å². The zero-order valence-corrected chi connectivity index (χ0v) is 18.6. The summed E-state index contributed by atoms with van der Waals surface area (Å²) in [4.78, 5) is 13.4. The number of thioether (sulfide) groups is 1. The monoisotopic (exact) mass is 467 g/mol. The summed E-state index contributed by atoms with van der Waals surface area (Å²) in [7, 11) is 0. The second kappa shape index (κ2) is 9.81. The summed E-state index contributed by atoms with van der Waals surface area (Å²) in [6.45, 7) is 1.63. The van der Waals surface area contributed by atoms with Gasteiger partial charge in [0.25, 0.3) is 0 Å². The molecule has 3 aliphatic rings. The fourth-order valence-electron chi connectivity index (χ4n) is 5.38. The van der Waals surface area contributed by atoms with E-state index in [4.69, 9.17) is 9.84 Å². The van der Waals surface area contributed by atoms with Crippen LogP contribution in [0.25, 0.3) is 0 Å². The summed E-state index contributed by atoms with van der Waals surface area (Å²) in [6.07, 6.45) is 4.35. The lowest BCUT2D eigenvalue weighted by Crippen LogP contribution is -2.33. The number of halogens is 3. The van der Waals surface area contributed by atoms with Crippen molar-refractivity contribution in [2.45, 2.75) is 44.7 Å². The van der Waals surface area contributed by atoms with Gasteiger partial charge in [0.05, 0.1) is 5.56 Å². The summed E-state index contributed by atoms with van der Waals surface area (Å²) in [5, 5.41) is 9.97. The van der Waals surface area contributed by atoms with Gasteiger partial charge >= 0.3 is 12.3 Å². The van der Waals surface area contributed by atoms with E-state index in [9.17, 15) is 18.0 Å². The maximum absolute atomic E-state index is 12.9. The smallest absolute Gasteiger partial charge is 0.449 e. The molecule has 1 aromatic rings. The van der Waals surface area contributed by atoms with Gasteiger partial charge in [-0.15, -0.1) is 11.8 Å². The van der Waals surface area contributed by atoms with E-state index < -0.39 is 17.9 Å². The minimum absolute atomic E-state index is 0.346. The Balaban J connectivity index is 1.39. The van der Waals surface area contributed by atoms with Crippen molar-refractivity contribution in [3.63, 3.8) is 0 Å². The van der Waals surface area contributed by atoms with Crippen molar-refractivity contribution >= 4 is 17.9 Å². The molecule has 0 amide bonds. The highest BCUT2D eigenvalue weighted by Gasteiger charge is 2.42. The summed E-state index contributed by atoms with van der Waals surface area (Å²) in [5.74, 6) is 3.19. The van der Waals surface area contributed by atoms with Crippen molar-refractivity contribution in [3.05, 3.63) is 58.3 Å². The van der Waals surface area contributed by atoms with E-state index in [0.717, 1.165) is 36.0 Å². The van der Waals surface area contributed by atoms with E-state index in [0.29, 0.717) is 35.8 Å². The Labute approximate surface area is 190 Å². The number of hydrogen-bond donors (Lipinski definition) is 1. The predicted molar refractivity (Wildman–Crippen MR) is 118 cm³/mol. The molecule has 1 N–H and O–H groups in total. The molecule has 0 radical (unpaired) electrons. The summed E-state index contributed by atoms with van der Waals surface area (Å²) >= 11 is 1.53. The van der Waals surface area contributed by atoms with Gasteiger partial charge in [0.15, 0.2) is 5.76 Å². The Morgan fingerprint density at radius 3 is 2.56 bits per heavy atom. The molecule has 32 heavy (non-hydrogen) atoms. The number of benzene rings is 1. The third kappa shape index (κ3) is 5.45. The number of nitrogens with zero attached hydrogens (tertiary/aromatic N) is 1. The number of hydrogen-bond acceptors (Lipinski definition) is 4. The SMILES string of the molecule is O=C(O)OC1=C(SCCCc2cccc(C(F)(F)F)c2)N(CC2C3CCC2CC3)CC=C1. The van der Waals surface area contributed by atoms with Crippen LogP contribution in [0.2, 0.25) is 0 Å². The van der Waals surface area contributed by atoms with Crippen molar-refractivity contribution in [1.82, 2.24) is 4.90 Å². The van der Waals surface area contributed by atoms with Gasteiger partial charge in [0.2, 0.25) is 0 Å². The molecule has 0 spiro atoms. The zero-order valence-electron chi connectivity index (χ0n) is 17.8. The van der Waals surface area contributed by atoms with Crippen LogP contribution in [0.1, 0.15) is 43.2 Å². The Hall–Kier alpha value is -2.09. The normalized spacial score (nSPS) is 25.0. The number of aryl methyl sites for hydroxylation is 1. The molecule has 2 fully saturated rings. The van der Waals surface area contributed by atoms with Gasteiger partial charge in [-0.05, 0) is 79.7 Å². The average Bonchev–Trinajstić information content (AvgIpc) is 3.31. The maximum Gasteiger partial charge on any atom is 0.511 e. The Morgan fingerprint density at radius 2 is 1.91 bits per heavy atom. The standard InChI is InChI=1S/C24H28F3NO3S/c25-24(26,27)19-6-1-4-16(14-19)5-3-13-32-22-21(31-23(29)30)7-2-12-28(22)15-20-17-8-9-18(20)11-10-17/h1-2,4,6-7,14,17-18,20H,3,5,8-13,15H2,(H,29,30). The molecule has 0 aromatic heterocycles. The molecule has 2 aliphatic carbocycles. The van der Waals surface area contributed by atoms with Crippen molar-refractivity contribution in [3.8, 4) is 0 Å². The van der Waals surface area contributed by atoms with Crippen LogP contribution in [0, 0.1) is 17.8 Å². The third-order valence-electron chi connectivity index (χ3n) is 6.85. The third-order valence-corrected chi connectivity index (χ3v) is 8.08. The molecular weight excluding hydrogens is 439 g/mol. The highest BCUT2D eigenvalue weighted by Crippen LogP contribution is 2.50. The Kier molecular flexibility index (Phi) is 7.08. The number of rotatable bonds is 8. The number of carbonyl (C=O) groups is 1. The minimum atomic E-state index is -4.34. The second-order valence-electron chi connectivity index (χ2n) is 8.83. The van der Waals surface area contributed by atoms with Gasteiger partial charge in [0.1, 0.15) is 5.03 Å². The van der Waals surface area contributed by atoms with Gasteiger partial charge in [-0.25, -0.2) is 4.79 Å². The predicted octanol–water partition coefficient (Wildman–Crippen LogP) is 6.54. The first kappa shape index (κ1) is 23.1. The van der Waals surface area contributed by atoms with Crippen LogP contribution in [0.5, 0.6) is 0 Å². The molecule has 1 aromatic carbocycles.